The fourth-order valence-corrected chi connectivity index (χ4v) is 1.90. The van der Waals surface area contributed by atoms with Crippen molar-refractivity contribution >= 4 is 17.5 Å². The summed E-state index contributed by atoms with van der Waals surface area (Å²) >= 11 is 0. The van der Waals surface area contributed by atoms with Crippen molar-refractivity contribution in [2.75, 3.05) is 25.5 Å². The number of amides is 2. The zero-order chi connectivity index (χ0) is 13.0. The normalized spacial score (nSPS) is 16.1. The Hall–Kier alpha value is -1.88. The third-order valence-corrected chi connectivity index (χ3v) is 2.88. The predicted octanol–water partition coefficient (Wildman–Crippen LogP) is 0.587. The van der Waals surface area contributed by atoms with E-state index in [1.54, 1.807) is 0 Å². The Morgan fingerprint density at radius 1 is 1.11 bits per heavy atom. The number of hydrogen-bond donors (Lipinski definition) is 1. The van der Waals surface area contributed by atoms with Crippen molar-refractivity contribution in [3.05, 3.63) is 29.8 Å². The highest BCUT2D eigenvalue weighted by atomic mass is 16.5. The molecule has 2 amide bonds. The van der Waals surface area contributed by atoms with E-state index in [1.807, 2.05) is 24.3 Å². The van der Waals surface area contributed by atoms with Gasteiger partial charge < -0.3 is 10.5 Å². The monoisotopic (exact) mass is 248 g/mol. The molecular weight excluding hydrogens is 232 g/mol. The van der Waals surface area contributed by atoms with Crippen molar-refractivity contribution in [1.82, 2.24) is 4.90 Å². The molecule has 1 aromatic carbocycles. The molecule has 0 atom stereocenters. The van der Waals surface area contributed by atoms with Gasteiger partial charge in [0.1, 0.15) is 13.2 Å². The molecule has 1 heterocycles. The molecule has 0 spiro atoms. The number of anilines is 1. The lowest BCUT2D eigenvalue weighted by atomic mass is 10.1. The molecule has 0 aromatic heterocycles. The molecule has 96 valence electrons. The van der Waals surface area contributed by atoms with E-state index in [-0.39, 0.29) is 25.0 Å². The molecule has 5 heteroatoms. The van der Waals surface area contributed by atoms with E-state index in [0.717, 1.165) is 24.1 Å². The molecule has 18 heavy (non-hydrogen) atoms. The number of imide groups is 1. The molecule has 1 aliphatic rings. The van der Waals surface area contributed by atoms with Gasteiger partial charge in [-0.1, -0.05) is 12.1 Å². The maximum absolute atomic E-state index is 11.5. The van der Waals surface area contributed by atoms with Crippen LogP contribution in [0.25, 0.3) is 0 Å². The molecule has 0 unspecified atom stereocenters. The fraction of sp³-hybridized carbons (Fsp3) is 0.385. The minimum atomic E-state index is -0.247. The number of ether oxygens (including phenoxy) is 1. The van der Waals surface area contributed by atoms with Gasteiger partial charge in [0.15, 0.2) is 0 Å². The molecule has 0 bridgehead atoms. The van der Waals surface area contributed by atoms with Gasteiger partial charge in [-0.15, -0.1) is 0 Å². The van der Waals surface area contributed by atoms with Gasteiger partial charge in [0.2, 0.25) is 0 Å². The molecule has 1 fully saturated rings. The van der Waals surface area contributed by atoms with Gasteiger partial charge in [-0.2, -0.15) is 0 Å². The van der Waals surface area contributed by atoms with Crippen LogP contribution >= 0.6 is 0 Å². The van der Waals surface area contributed by atoms with Crippen LogP contribution in [0.3, 0.4) is 0 Å². The molecule has 0 aliphatic carbocycles. The van der Waals surface area contributed by atoms with Crippen molar-refractivity contribution in [1.29, 1.82) is 0 Å². The van der Waals surface area contributed by atoms with Crippen molar-refractivity contribution in [3.8, 4) is 0 Å². The quantitative estimate of drug-likeness (QED) is 0.625. The number of carbonyl (C=O) groups is 2. The summed E-state index contributed by atoms with van der Waals surface area (Å²) in [5.74, 6) is -0.493. The Morgan fingerprint density at radius 3 is 2.33 bits per heavy atom. The summed E-state index contributed by atoms with van der Waals surface area (Å²) in [7, 11) is 0. The van der Waals surface area contributed by atoms with E-state index in [0.29, 0.717) is 6.54 Å². The first-order valence-electron chi connectivity index (χ1n) is 5.92. The van der Waals surface area contributed by atoms with E-state index in [9.17, 15) is 9.59 Å². The third kappa shape index (κ3) is 3.07. The Bertz CT molecular complexity index is 426. The predicted molar refractivity (Wildman–Crippen MR) is 66.7 cm³/mol. The lowest BCUT2D eigenvalue weighted by Crippen LogP contribution is -2.46. The molecule has 2 N–H and O–H groups in total. The SMILES string of the molecule is Nc1ccc(CCCN2C(=O)COCC2=O)cc1. The summed E-state index contributed by atoms with van der Waals surface area (Å²) in [5, 5.41) is 0. The molecule has 1 saturated heterocycles. The minimum absolute atomic E-state index is 0.00755. The van der Waals surface area contributed by atoms with Crippen LogP contribution in [0.2, 0.25) is 0 Å². The van der Waals surface area contributed by atoms with Gasteiger partial charge in [0.05, 0.1) is 0 Å². The minimum Gasteiger partial charge on any atom is -0.399 e. The highest BCUT2D eigenvalue weighted by Gasteiger charge is 2.25. The van der Waals surface area contributed by atoms with Gasteiger partial charge in [-0.05, 0) is 30.5 Å². The highest BCUT2D eigenvalue weighted by molar-refractivity contribution is 5.98. The Morgan fingerprint density at radius 2 is 1.72 bits per heavy atom. The summed E-state index contributed by atoms with van der Waals surface area (Å²) in [5.41, 5.74) is 7.48. The lowest BCUT2D eigenvalue weighted by Gasteiger charge is -2.24. The van der Waals surface area contributed by atoms with Crippen LogP contribution in [-0.4, -0.2) is 36.5 Å². The van der Waals surface area contributed by atoms with Crippen LogP contribution in [0.4, 0.5) is 5.69 Å². The van der Waals surface area contributed by atoms with Crippen LogP contribution < -0.4 is 5.73 Å². The number of nitrogens with two attached hydrogens (primary N) is 1. The Balaban J connectivity index is 1.82. The number of morpholine rings is 1. The Kier molecular flexibility index (Phi) is 3.94. The second kappa shape index (κ2) is 5.64. The number of benzene rings is 1. The van der Waals surface area contributed by atoms with Gasteiger partial charge in [0, 0.05) is 12.2 Å². The van der Waals surface area contributed by atoms with Gasteiger partial charge in [-0.25, -0.2) is 0 Å². The molecule has 1 aliphatic heterocycles. The summed E-state index contributed by atoms with van der Waals surface area (Å²) in [6.45, 7) is 0.465. The highest BCUT2D eigenvalue weighted by Crippen LogP contribution is 2.09. The second-order valence-electron chi connectivity index (χ2n) is 4.28. The molecule has 2 rings (SSSR count). The maximum Gasteiger partial charge on any atom is 0.255 e. The van der Waals surface area contributed by atoms with Crippen molar-refractivity contribution in [2.45, 2.75) is 12.8 Å². The largest absolute Gasteiger partial charge is 0.399 e. The van der Waals surface area contributed by atoms with E-state index in [1.165, 1.54) is 4.90 Å². The topological polar surface area (TPSA) is 72.6 Å². The summed E-state index contributed by atoms with van der Waals surface area (Å²) in [6, 6.07) is 7.61. The second-order valence-corrected chi connectivity index (χ2v) is 4.28. The van der Waals surface area contributed by atoms with Crippen LogP contribution in [0.1, 0.15) is 12.0 Å². The Labute approximate surface area is 106 Å². The third-order valence-electron chi connectivity index (χ3n) is 2.88. The average Bonchev–Trinajstić information content (AvgIpc) is 2.35. The average molecular weight is 248 g/mol. The number of nitrogens with zero attached hydrogens (tertiary/aromatic N) is 1. The first kappa shape index (κ1) is 12.6. The van der Waals surface area contributed by atoms with Gasteiger partial charge >= 0.3 is 0 Å². The summed E-state index contributed by atoms with van der Waals surface area (Å²) < 4.78 is 4.85. The van der Waals surface area contributed by atoms with Crippen LogP contribution in [-0.2, 0) is 20.7 Å². The standard InChI is InChI=1S/C13H16N2O3/c14-11-5-3-10(4-6-11)2-1-7-15-12(16)8-18-9-13(15)17/h3-6H,1-2,7-9,14H2. The molecule has 5 nitrogen and oxygen atoms in total. The van der Waals surface area contributed by atoms with Crippen molar-refractivity contribution < 1.29 is 14.3 Å². The molecule has 0 radical (unpaired) electrons. The van der Waals surface area contributed by atoms with E-state index < -0.39 is 0 Å². The summed E-state index contributed by atoms with van der Waals surface area (Å²) in [4.78, 5) is 24.2. The number of hydrogen-bond acceptors (Lipinski definition) is 4. The van der Waals surface area contributed by atoms with E-state index in [2.05, 4.69) is 0 Å². The first-order valence-corrected chi connectivity index (χ1v) is 5.92. The van der Waals surface area contributed by atoms with Crippen LogP contribution in [0.15, 0.2) is 24.3 Å². The number of carbonyl (C=O) groups excluding carboxylic acids is 2. The summed E-state index contributed by atoms with van der Waals surface area (Å²) in [6.07, 6.45) is 1.57. The molecule has 1 aromatic rings. The van der Waals surface area contributed by atoms with Gasteiger partial charge in [0.25, 0.3) is 11.8 Å². The first-order chi connectivity index (χ1) is 8.66. The van der Waals surface area contributed by atoms with Crippen molar-refractivity contribution in [2.24, 2.45) is 0 Å². The van der Waals surface area contributed by atoms with E-state index >= 15 is 0 Å². The molecular formula is C13H16N2O3. The maximum atomic E-state index is 11.5. The molecule has 0 saturated carbocycles. The zero-order valence-corrected chi connectivity index (χ0v) is 10.1. The van der Waals surface area contributed by atoms with Crippen molar-refractivity contribution in [3.63, 3.8) is 0 Å². The number of rotatable bonds is 4. The van der Waals surface area contributed by atoms with Crippen LogP contribution in [0.5, 0.6) is 0 Å². The van der Waals surface area contributed by atoms with Crippen LogP contribution in [0, 0.1) is 0 Å². The smallest absolute Gasteiger partial charge is 0.255 e. The lowest BCUT2D eigenvalue weighted by molar-refractivity contribution is -0.158. The number of aryl methyl sites for hydroxylation is 1. The number of nitrogen functional groups attached to an aromatic ring is 1. The zero-order valence-electron chi connectivity index (χ0n) is 10.1. The fourth-order valence-electron chi connectivity index (χ4n) is 1.90. The van der Waals surface area contributed by atoms with Gasteiger partial charge in [-0.3, -0.25) is 14.5 Å². The van der Waals surface area contributed by atoms with E-state index in [4.69, 9.17) is 10.5 Å².